The molecule has 5 nitrogen and oxygen atoms in total. The Kier molecular flexibility index (Phi) is 5.04. The summed E-state index contributed by atoms with van der Waals surface area (Å²) in [6, 6.07) is 0.240. The molecule has 1 atom stereocenters. The maximum atomic E-state index is 12.3. The lowest BCUT2D eigenvalue weighted by Gasteiger charge is -2.30. The molecule has 20 heavy (non-hydrogen) atoms. The highest BCUT2D eigenvalue weighted by Gasteiger charge is 2.26. The van der Waals surface area contributed by atoms with Gasteiger partial charge in [-0.2, -0.15) is 5.10 Å². The lowest BCUT2D eigenvalue weighted by atomic mass is 9.83. The average molecular weight is 278 g/mol. The van der Waals surface area contributed by atoms with E-state index in [4.69, 9.17) is 5.73 Å². The third kappa shape index (κ3) is 3.14. The molecule has 1 heterocycles. The summed E-state index contributed by atoms with van der Waals surface area (Å²) in [5, 5.41) is 10.0. The number of nitrogens with two attached hydrogens (primary N) is 1. The first-order chi connectivity index (χ1) is 9.67. The molecule has 1 aromatic rings. The number of carbonyl (C=O) groups excluding carboxylic acids is 1. The van der Waals surface area contributed by atoms with Gasteiger partial charge in [-0.15, -0.1) is 0 Å². The number of aromatic nitrogens is 2. The third-order valence-electron chi connectivity index (χ3n) is 4.43. The summed E-state index contributed by atoms with van der Waals surface area (Å²) < 4.78 is 0. The molecule has 0 aliphatic heterocycles. The van der Waals surface area contributed by atoms with E-state index in [2.05, 4.69) is 22.4 Å². The van der Waals surface area contributed by atoms with Crippen molar-refractivity contribution in [2.45, 2.75) is 64.8 Å². The van der Waals surface area contributed by atoms with Gasteiger partial charge in [0.15, 0.2) is 5.69 Å². The fourth-order valence-electron chi connectivity index (χ4n) is 3.16. The Labute approximate surface area is 120 Å². The van der Waals surface area contributed by atoms with Gasteiger partial charge in [0.2, 0.25) is 0 Å². The van der Waals surface area contributed by atoms with E-state index < -0.39 is 0 Å². The van der Waals surface area contributed by atoms with Crippen molar-refractivity contribution in [1.29, 1.82) is 0 Å². The molecule has 0 saturated heterocycles. The smallest absolute Gasteiger partial charge is 0.274 e. The van der Waals surface area contributed by atoms with Crippen molar-refractivity contribution in [1.82, 2.24) is 15.5 Å². The first-order valence-electron chi connectivity index (χ1n) is 7.80. The van der Waals surface area contributed by atoms with Gasteiger partial charge in [0.1, 0.15) is 0 Å². The predicted molar refractivity (Wildman–Crippen MR) is 80.5 cm³/mol. The molecular formula is C15H26N4O. The molecule has 0 radical (unpaired) electrons. The highest BCUT2D eigenvalue weighted by atomic mass is 16.2. The normalized spacial score (nSPS) is 17.9. The van der Waals surface area contributed by atoms with Crippen molar-refractivity contribution >= 4 is 11.6 Å². The van der Waals surface area contributed by atoms with E-state index in [1.165, 1.54) is 32.1 Å². The number of hydrogen-bond donors (Lipinski definition) is 3. The van der Waals surface area contributed by atoms with Crippen LogP contribution < -0.4 is 11.1 Å². The van der Waals surface area contributed by atoms with Gasteiger partial charge in [-0.05, 0) is 31.6 Å². The van der Waals surface area contributed by atoms with Gasteiger partial charge in [-0.25, -0.2) is 0 Å². The molecule has 112 valence electrons. The number of aryl methyl sites for hydroxylation is 1. The Bertz CT molecular complexity index is 449. The minimum absolute atomic E-state index is 0.143. The Balaban J connectivity index is 2.02. The Hall–Kier alpha value is -1.52. The molecular weight excluding hydrogens is 252 g/mol. The number of H-pyrrole nitrogens is 1. The van der Waals surface area contributed by atoms with Crippen LogP contribution >= 0.6 is 0 Å². The first kappa shape index (κ1) is 14.9. The van der Waals surface area contributed by atoms with Crippen molar-refractivity contribution in [3.8, 4) is 0 Å². The second kappa shape index (κ2) is 6.77. The summed E-state index contributed by atoms with van der Waals surface area (Å²) in [4.78, 5) is 12.3. The van der Waals surface area contributed by atoms with Gasteiger partial charge in [0, 0.05) is 6.04 Å². The summed E-state index contributed by atoms with van der Waals surface area (Å²) in [6.45, 7) is 4.12. The molecule has 1 aliphatic carbocycles. The Morgan fingerprint density at radius 1 is 1.40 bits per heavy atom. The zero-order valence-electron chi connectivity index (χ0n) is 12.5. The molecule has 0 bridgehead atoms. The lowest BCUT2D eigenvalue weighted by molar-refractivity contribution is 0.0907. The standard InChI is InChI=1S/C15H26N4O/c1-3-11(10-8-6-5-7-9-10)17-15(20)14-13(16)12(4-2)18-19-14/h10-11H,3-9,16H2,1-2H3,(H,17,20)(H,18,19). The number of rotatable bonds is 5. The monoisotopic (exact) mass is 278 g/mol. The maximum Gasteiger partial charge on any atom is 0.274 e. The van der Waals surface area contributed by atoms with Crippen molar-refractivity contribution in [3.63, 3.8) is 0 Å². The van der Waals surface area contributed by atoms with Gasteiger partial charge in [-0.3, -0.25) is 9.89 Å². The molecule has 1 fully saturated rings. The molecule has 5 heteroatoms. The average Bonchev–Trinajstić information content (AvgIpc) is 2.86. The Morgan fingerprint density at radius 3 is 2.65 bits per heavy atom. The topological polar surface area (TPSA) is 83.8 Å². The molecule has 1 unspecified atom stereocenters. The van der Waals surface area contributed by atoms with Crippen LogP contribution in [0.25, 0.3) is 0 Å². The number of aromatic amines is 1. The van der Waals surface area contributed by atoms with Crippen molar-refractivity contribution in [3.05, 3.63) is 11.4 Å². The number of hydrogen-bond acceptors (Lipinski definition) is 3. The van der Waals surface area contributed by atoms with E-state index in [9.17, 15) is 4.79 Å². The molecule has 2 rings (SSSR count). The number of nitrogens with zero attached hydrogens (tertiary/aromatic N) is 1. The minimum atomic E-state index is -0.143. The van der Waals surface area contributed by atoms with Crippen molar-refractivity contribution < 1.29 is 4.79 Å². The summed E-state index contributed by atoms with van der Waals surface area (Å²) in [7, 11) is 0. The summed E-state index contributed by atoms with van der Waals surface area (Å²) >= 11 is 0. The van der Waals surface area contributed by atoms with Crippen LogP contribution in [0.3, 0.4) is 0 Å². The van der Waals surface area contributed by atoms with E-state index in [-0.39, 0.29) is 11.9 Å². The van der Waals surface area contributed by atoms with Crippen LogP contribution in [0.15, 0.2) is 0 Å². The minimum Gasteiger partial charge on any atom is -0.395 e. The van der Waals surface area contributed by atoms with Gasteiger partial charge in [-0.1, -0.05) is 33.1 Å². The van der Waals surface area contributed by atoms with Crippen LogP contribution in [-0.4, -0.2) is 22.1 Å². The van der Waals surface area contributed by atoms with Crippen LogP contribution in [0.2, 0.25) is 0 Å². The first-order valence-corrected chi connectivity index (χ1v) is 7.80. The second-order valence-electron chi connectivity index (χ2n) is 5.70. The molecule has 1 amide bonds. The zero-order valence-corrected chi connectivity index (χ0v) is 12.5. The third-order valence-corrected chi connectivity index (χ3v) is 4.43. The number of amides is 1. The highest BCUT2D eigenvalue weighted by Crippen LogP contribution is 2.28. The summed E-state index contributed by atoms with van der Waals surface area (Å²) in [6.07, 6.45) is 8.04. The van der Waals surface area contributed by atoms with Crippen LogP contribution in [0.4, 0.5) is 5.69 Å². The molecule has 1 aliphatic rings. The van der Waals surface area contributed by atoms with Gasteiger partial charge in [0.25, 0.3) is 5.91 Å². The van der Waals surface area contributed by atoms with E-state index in [1.54, 1.807) is 0 Å². The summed E-state index contributed by atoms with van der Waals surface area (Å²) in [5.41, 5.74) is 7.62. The molecule has 0 aromatic carbocycles. The van der Waals surface area contributed by atoms with Gasteiger partial charge in [0.05, 0.1) is 11.4 Å². The van der Waals surface area contributed by atoms with E-state index in [0.29, 0.717) is 17.3 Å². The highest BCUT2D eigenvalue weighted by molar-refractivity contribution is 5.97. The fraction of sp³-hybridized carbons (Fsp3) is 0.733. The van der Waals surface area contributed by atoms with E-state index in [1.807, 2.05) is 6.92 Å². The van der Waals surface area contributed by atoms with Gasteiger partial charge < -0.3 is 11.1 Å². The molecule has 4 N–H and O–H groups in total. The quantitative estimate of drug-likeness (QED) is 0.774. The lowest BCUT2D eigenvalue weighted by Crippen LogP contribution is -2.41. The molecule has 1 saturated carbocycles. The molecule has 0 spiro atoms. The molecule has 1 aromatic heterocycles. The van der Waals surface area contributed by atoms with E-state index >= 15 is 0 Å². The van der Waals surface area contributed by atoms with Gasteiger partial charge >= 0.3 is 0 Å². The number of nitrogens with one attached hydrogen (secondary N) is 2. The number of carbonyl (C=O) groups is 1. The predicted octanol–water partition coefficient (Wildman–Crippen LogP) is 2.64. The van der Waals surface area contributed by atoms with Crippen LogP contribution in [-0.2, 0) is 6.42 Å². The number of anilines is 1. The van der Waals surface area contributed by atoms with Crippen molar-refractivity contribution in [2.75, 3.05) is 5.73 Å². The largest absolute Gasteiger partial charge is 0.395 e. The van der Waals surface area contributed by atoms with Crippen molar-refractivity contribution in [2.24, 2.45) is 5.92 Å². The summed E-state index contributed by atoms with van der Waals surface area (Å²) in [5.74, 6) is 0.458. The van der Waals surface area contributed by atoms with Crippen LogP contribution in [0.5, 0.6) is 0 Å². The SMILES string of the molecule is CCc1[nH]nc(C(=O)NC(CC)C2CCCCC2)c1N. The second-order valence-corrected chi connectivity index (χ2v) is 5.70. The van der Waals surface area contributed by atoms with Crippen LogP contribution in [0, 0.1) is 5.92 Å². The van der Waals surface area contributed by atoms with Crippen LogP contribution in [0.1, 0.15) is 68.6 Å². The maximum absolute atomic E-state index is 12.3. The Morgan fingerprint density at radius 2 is 2.10 bits per heavy atom. The number of nitrogen functional groups attached to an aromatic ring is 1. The zero-order chi connectivity index (χ0) is 14.5. The fourth-order valence-corrected chi connectivity index (χ4v) is 3.16. The van der Waals surface area contributed by atoms with E-state index in [0.717, 1.165) is 18.5 Å².